The molecule has 6 aromatic carbocycles. The van der Waals surface area contributed by atoms with E-state index in [1.54, 1.807) is 0 Å². The molecule has 0 fully saturated rings. The van der Waals surface area contributed by atoms with Crippen molar-refractivity contribution in [3.8, 4) is 22.3 Å². The lowest BCUT2D eigenvalue weighted by molar-refractivity contribution is 0.701. The minimum Gasteiger partial charge on any atom is -0.378 e. The Kier molecular flexibility index (Phi) is 14.2. The Morgan fingerprint density at radius 1 is 0.710 bits per heavy atom. The van der Waals surface area contributed by atoms with Gasteiger partial charge >= 0.3 is 0 Å². The van der Waals surface area contributed by atoms with Crippen molar-refractivity contribution < 1.29 is 0 Å². The molecule has 1 unspecified atom stereocenters. The zero-order valence-electron chi connectivity index (χ0n) is 37.0. The summed E-state index contributed by atoms with van der Waals surface area (Å²) in [7, 11) is 0. The van der Waals surface area contributed by atoms with E-state index in [1.165, 1.54) is 43.8 Å². The molecule has 62 heavy (non-hydrogen) atoms. The Hall–Kier alpha value is -7.10. The highest BCUT2D eigenvalue weighted by Crippen LogP contribution is 2.31. The first-order valence-corrected chi connectivity index (χ1v) is 22.0. The maximum atomic E-state index is 5.30. The molecule has 0 bridgehead atoms. The Morgan fingerprint density at radius 2 is 1.34 bits per heavy atom. The summed E-state index contributed by atoms with van der Waals surface area (Å²) in [5.74, 6) is 0.771. The fourth-order valence-corrected chi connectivity index (χ4v) is 8.04. The van der Waals surface area contributed by atoms with Gasteiger partial charge in [-0.1, -0.05) is 191 Å². The number of aryl methyl sites for hydroxylation is 2. The molecule has 0 spiro atoms. The second kappa shape index (κ2) is 20.4. The van der Waals surface area contributed by atoms with Gasteiger partial charge in [0.2, 0.25) is 0 Å². The summed E-state index contributed by atoms with van der Waals surface area (Å²) >= 11 is 0. The van der Waals surface area contributed by atoms with E-state index < -0.39 is 0 Å². The molecular weight excluding hydrogens is 751 g/mol. The maximum Gasteiger partial charge on any atom is 0.155 e. The number of rotatable bonds is 12. The summed E-state index contributed by atoms with van der Waals surface area (Å²) in [6, 6.07) is 58.4. The van der Waals surface area contributed by atoms with Gasteiger partial charge in [-0.25, -0.2) is 9.98 Å². The molecule has 308 valence electrons. The molecule has 0 saturated heterocycles. The molecule has 0 aliphatic heterocycles. The van der Waals surface area contributed by atoms with Crippen molar-refractivity contribution in [2.75, 3.05) is 0 Å². The minimum atomic E-state index is 0.0260. The van der Waals surface area contributed by atoms with Crippen LogP contribution in [0.4, 0.5) is 5.82 Å². The van der Waals surface area contributed by atoms with Crippen LogP contribution in [-0.2, 0) is 6.42 Å². The van der Waals surface area contributed by atoms with Crippen LogP contribution in [0.15, 0.2) is 188 Å². The molecular formula is C59H57N3. The Morgan fingerprint density at radius 3 is 2.02 bits per heavy atom. The molecule has 7 aromatic rings. The smallest absolute Gasteiger partial charge is 0.155 e. The molecule has 1 aliphatic rings. The molecule has 1 N–H and O–H groups in total. The van der Waals surface area contributed by atoms with Gasteiger partial charge in [0.05, 0.1) is 11.4 Å². The lowest BCUT2D eigenvalue weighted by atomic mass is 9.90. The fourth-order valence-electron chi connectivity index (χ4n) is 8.04. The monoisotopic (exact) mass is 807 g/mol. The Balaban J connectivity index is 0.00000285. The molecule has 0 radical (unpaired) electrons. The van der Waals surface area contributed by atoms with Gasteiger partial charge in [0.1, 0.15) is 0 Å². The van der Waals surface area contributed by atoms with Crippen LogP contribution in [0.3, 0.4) is 0 Å². The van der Waals surface area contributed by atoms with E-state index in [1.807, 2.05) is 26.8 Å². The molecule has 1 atom stereocenters. The van der Waals surface area contributed by atoms with Crippen molar-refractivity contribution in [1.82, 2.24) is 10.3 Å². The predicted octanol–water partition coefficient (Wildman–Crippen LogP) is 13.9. The standard InChI is InChI=1S/C57H51N3.C2H6/c1-6-18-53-42(7-2)35-40(4)57(59-53)60-54-34-33-46-23-14-15-28-52(46)56(54)47-31-29-43(30-32-47)39(3)36-55(51-27-17-26-50(38-51)45-21-12-9-13-22-45)58-41(5)48-24-16-25-49(37-48)44-19-10-8-11-20-44;1-2/h6,8-33,35-38,41,58H,3,7,34H2,1-2,4-5H3;1-2H3/b18-6-,55-36-,60-54?;. The van der Waals surface area contributed by atoms with Crippen molar-refractivity contribution in [3.05, 3.63) is 232 Å². The first kappa shape index (κ1) is 43.0. The predicted molar refractivity (Wildman–Crippen MR) is 268 cm³/mol. The fraction of sp³-hybridized carbons (Fsp3) is 0.153. The SMILES string of the molecule is C=C(/C=C(\NC(C)c1cccc(-c2ccccc2)c1)c1cccc(-c2ccccc2)c1)c1ccc(C2=c3ccccc3=CCC2=Nc2nc(/C=C\C)c(CC)cc2C)cc1.CC. The van der Waals surface area contributed by atoms with E-state index >= 15 is 0 Å². The van der Waals surface area contributed by atoms with Crippen molar-refractivity contribution in [2.45, 2.75) is 60.4 Å². The summed E-state index contributed by atoms with van der Waals surface area (Å²) in [4.78, 5) is 10.4. The average Bonchev–Trinajstić information content (AvgIpc) is 3.33. The van der Waals surface area contributed by atoms with Gasteiger partial charge in [0.15, 0.2) is 5.82 Å². The lowest BCUT2D eigenvalue weighted by Crippen LogP contribution is -2.33. The van der Waals surface area contributed by atoms with Gasteiger partial charge in [-0.3, -0.25) is 0 Å². The molecule has 1 aliphatic carbocycles. The van der Waals surface area contributed by atoms with Gasteiger partial charge in [-0.05, 0) is 123 Å². The topological polar surface area (TPSA) is 37.3 Å². The Labute approximate surface area is 369 Å². The molecule has 8 rings (SSSR count). The summed E-state index contributed by atoms with van der Waals surface area (Å²) in [6.45, 7) is 17.2. The summed E-state index contributed by atoms with van der Waals surface area (Å²) in [5.41, 5.74) is 16.6. The van der Waals surface area contributed by atoms with Gasteiger partial charge < -0.3 is 5.32 Å². The van der Waals surface area contributed by atoms with Gasteiger partial charge in [-0.2, -0.15) is 0 Å². The van der Waals surface area contributed by atoms with E-state index in [9.17, 15) is 0 Å². The van der Waals surface area contributed by atoms with Crippen molar-refractivity contribution in [1.29, 1.82) is 0 Å². The number of nitrogens with zero attached hydrogens (tertiary/aromatic N) is 2. The highest BCUT2D eigenvalue weighted by Gasteiger charge is 2.18. The molecule has 1 aromatic heterocycles. The average molecular weight is 808 g/mol. The van der Waals surface area contributed by atoms with Gasteiger partial charge in [0.25, 0.3) is 0 Å². The molecule has 0 saturated carbocycles. The van der Waals surface area contributed by atoms with Crippen LogP contribution in [0.25, 0.3) is 51.2 Å². The van der Waals surface area contributed by atoms with Crippen LogP contribution >= 0.6 is 0 Å². The second-order valence-corrected chi connectivity index (χ2v) is 15.4. The number of allylic oxidation sites excluding steroid dienone is 3. The number of aliphatic imine (C=N–C) groups is 1. The third-order valence-electron chi connectivity index (χ3n) is 11.3. The van der Waals surface area contributed by atoms with Crippen LogP contribution < -0.4 is 15.8 Å². The van der Waals surface area contributed by atoms with Crippen LogP contribution in [-0.4, -0.2) is 10.7 Å². The number of aromatic nitrogens is 1. The lowest BCUT2D eigenvalue weighted by Gasteiger charge is -2.21. The number of nitrogens with one attached hydrogen (secondary N) is 1. The summed E-state index contributed by atoms with van der Waals surface area (Å²) in [5, 5.41) is 6.30. The number of hydrogen-bond donors (Lipinski definition) is 1. The van der Waals surface area contributed by atoms with Crippen LogP contribution in [0.2, 0.25) is 0 Å². The zero-order valence-corrected chi connectivity index (χ0v) is 37.0. The maximum absolute atomic E-state index is 5.30. The largest absolute Gasteiger partial charge is 0.378 e. The highest BCUT2D eigenvalue weighted by atomic mass is 14.9. The minimum absolute atomic E-state index is 0.0260. The zero-order chi connectivity index (χ0) is 43.4. The summed E-state index contributed by atoms with van der Waals surface area (Å²) in [6.07, 6.45) is 10.3. The third kappa shape index (κ3) is 9.91. The molecule has 3 nitrogen and oxygen atoms in total. The normalized spacial score (nSPS) is 13.5. The number of pyridine rings is 1. The van der Waals surface area contributed by atoms with E-state index in [0.29, 0.717) is 0 Å². The first-order valence-electron chi connectivity index (χ1n) is 22.0. The third-order valence-corrected chi connectivity index (χ3v) is 11.3. The van der Waals surface area contributed by atoms with E-state index in [4.69, 9.17) is 9.98 Å². The second-order valence-electron chi connectivity index (χ2n) is 15.4. The van der Waals surface area contributed by atoms with Crippen molar-refractivity contribution >= 4 is 40.5 Å². The highest BCUT2D eigenvalue weighted by molar-refractivity contribution is 6.26. The number of fused-ring (bicyclic) bond motifs is 1. The summed E-state index contributed by atoms with van der Waals surface area (Å²) < 4.78 is 0. The molecule has 3 heteroatoms. The first-order chi connectivity index (χ1) is 30.4. The number of benzene rings is 6. The van der Waals surface area contributed by atoms with Crippen LogP contribution in [0, 0.1) is 6.92 Å². The van der Waals surface area contributed by atoms with Crippen LogP contribution in [0.1, 0.15) is 86.2 Å². The van der Waals surface area contributed by atoms with Gasteiger partial charge in [-0.15, -0.1) is 0 Å². The van der Waals surface area contributed by atoms with Crippen molar-refractivity contribution in [2.24, 2.45) is 4.99 Å². The van der Waals surface area contributed by atoms with E-state index in [-0.39, 0.29) is 6.04 Å². The van der Waals surface area contributed by atoms with Crippen LogP contribution in [0.5, 0.6) is 0 Å². The van der Waals surface area contributed by atoms with E-state index in [2.05, 4.69) is 215 Å². The molecule has 0 amide bonds. The number of hydrogen-bond acceptors (Lipinski definition) is 3. The Bertz CT molecular complexity index is 2880. The van der Waals surface area contributed by atoms with Crippen molar-refractivity contribution in [3.63, 3.8) is 0 Å². The molecule has 1 heterocycles. The van der Waals surface area contributed by atoms with Gasteiger partial charge in [0, 0.05) is 23.7 Å². The van der Waals surface area contributed by atoms with E-state index in [0.717, 1.165) is 69.2 Å². The quantitative estimate of drug-likeness (QED) is 0.125.